The molecule has 8 heteroatoms. The van der Waals surface area contributed by atoms with Crippen LogP contribution in [0.25, 0.3) is 32.7 Å². The van der Waals surface area contributed by atoms with Gasteiger partial charge in [0, 0.05) is 16.5 Å². The van der Waals surface area contributed by atoms with E-state index in [-0.39, 0.29) is 17.9 Å². The third-order valence-electron chi connectivity index (χ3n) is 4.52. The van der Waals surface area contributed by atoms with Crippen molar-refractivity contribution in [3.8, 4) is 22.5 Å². The van der Waals surface area contributed by atoms with Crippen molar-refractivity contribution in [3.63, 3.8) is 0 Å². The van der Waals surface area contributed by atoms with Gasteiger partial charge in [-0.1, -0.05) is 47.6 Å². The third-order valence-corrected chi connectivity index (χ3v) is 5.41. The van der Waals surface area contributed by atoms with Crippen LogP contribution in [0.1, 0.15) is 5.89 Å². The number of thiophene rings is 1. The summed E-state index contributed by atoms with van der Waals surface area (Å²) in [7, 11) is 0. The van der Waals surface area contributed by atoms with E-state index in [1.807, 2.05) is 35.7 Å². The standard InChI is InChI=1S/C21H13FN4O2S/c22-15-8-6-13(7-9-15)16-11-29-20-18(16)21(27)26(12-23-20)10-17-24-19(25-28-17)14-4-2-1-3-5-14/h1-9,11-12H,10H2. The van der Waals surface area contributed by atoms with E-state index in [4.69, 9.17) is 4.52 Å². The first-order valence-corrected chi connectivity index (χ1v) is 9.67. The van der Waals surface area contributed by atoms with E-state index >= 15 is 0 Å². The van der Waals surface area contributed by atoms with Gasteiger partial charge in [0.15, 0.2) is 0 Å². The topological polar surface area (TPSA) is 73.8 Å². The first kappa shape index (κ1) is 17.4. The summed E-state index contributed by atoms with van der Waals surface area (Å²) in [5.74, 6) is 0.449. The highest BCUT2D eigenvalue weighted by molar-refractivity contribution is 7.17. The number of rotatable bonds is 4. The molecule has 3 aromatic heterocycles. The molecule has 5 rings (SSSR count). The summed E-state index contributed by atoms with van der Waals surface area (Å²) >= 11 is 1.37. The molecule has 3 heterocycles. The lowest BCUT2D eigenvalue weighted by atomic mass is 10.1. The SMILES string of the molecule is O=c1c2c(-c3ccc(F)cc3)csc2ncn1Cc1nc(-c2ccccc2)no1. The molecular formula is C21H13FN4O2S. The fourth-order valence-electron chi connectivity index (χ4n) is 3.09. The Hall–Kier alpha value is -3.65. The van der Waals surface area contributed by atoms with E-state index in [9.17, 15) is 9.18 Å². The quantitative estimate of drug-likeness (QED) is 0.445. The zero-order valence-electron chi connectivity index (χ0n) is 14.9. The van der Waals surface area contributed by atoms with Gasteiger partial charge in [-0.05, 0) is 17.7 Å². The minimum atomic E-state index is -0.325. The van der Waals surface area contributed by atoms with Crippen molar-refractivity contribution in [2.75, 3.05) is 0 Å². The lowest BCUT2D eigenvalue weighted by Gasteiger charge is -2.03. The first-order chi connectivity index (χ1) is 14.2. The van der Waals surface area contributed by atoms with Crippen LogP contribution in [0.5, 0.6) is 0 Å². The predicted octanol–water partition coefficient (Wildman–Crippen LogP) is 4.36. The largest absolute Gasteiger partial charge is 0.337 e. The van der Waals surface area contributed by atoms with Gasteiger partial charge in [0.2, 0.25) is 11.7 Å². The molecule has 0 bridgehead atoms. The van der Waals surface area contributed by atoms with Crippen molar-refractivity contribution in [3.05, 3.63) is 88.4 Å². The van der Waals surface area contributed by atoms with Crippen LogP contribution in [0.4, 0.5) is 4.39 Å². The maximum Gasteiger partial charge on any atom is 0.263 e. The Kier molecular flexibility index (Phi) is 4.25. The summed E-state index contributed by atoms with van der Waals surface area (Å²) in [5.41, 5.74) is 2.11. The fourth-order valence-corrected chi connectivity index (χ4v) is 4.00. The van der Waals surface area contributed by atoms with Gasteiger partial charge in [0.1, 0.15) is 17.2 Å². The number of nitrogens with zero attached hydrogens (tertiary/aromatic N) is 4. The van der Waals surface area contributed by atoms with E-state index in [1.54, 1.807) is 12.1 Å². The molecule has 0 atom stereocenters. The van der Waals surface area contributed by atoms with Crippen molar-refractivity contribution in [1.29, 1.82) is 0 Å². The molecule has 0 amide bonds. The van der Waals surface area contributed by atoms with Crippen molar-refractivity contribution in [1.82, 2.24) is 19.7 Å². The molecular weight excluding hydrogens is 391 g/mol. The van der Waals surface area contributed by atoms with Gasteiger partial charge >= 0.3 is 0 Å². The van der Waals surface area contributed by atoms with Gasteiger partial charge in [-0.15, -0.1) is 11.3 Å². The highest BCUT2D eigenvalue weighted by Crippen LogP contribution is 2.30. The van der Waals surface area contributed by atoms with Crippen LogP contribution in [0.2, 0.25) is 0 Å². The molecule has 6 nitrogen and oxygen atoms in total. The Morgan fingerprint density at radius 1 is 1.03 bits per heavy atom. The van der Waals surface area contributed by atoms with Gasteiger partial charge in [-0.25, -0.2) is 9.37 Å². The first-order valence-electron chi connectivity index (χ1n) is 8.79. The summed E-state index contributed by atoms with van der Waals surface area (Å²) in [5, 5.41) is 6.33. The maximum absolute atomic E-state index is 13.3. The Balaban J connectivity index is 1.52. The highest BCUT2D eigenvalue weighted by Gasteiger charge is 2.15. The molecule has 0 aliphatic heterocycles. The summed E-state index contributed by atoms with van der Waals surface area (Å²) < 4.78 is 20.0. The van der Waals surface area contributed by atoms with Crippen LogP contribution in [0, 0.1) is 5.82 Å². The second-order valence-electron chi connectivity index (χ2n) is 6.39. The second kappa shape index (κ2) is 7.06. The van der Waals surface area contributed by atoms with E-state index in [2.05, 4.69) is 15.1 Å². The van der Waals surface area contributed by atoms with Crippen molar-refractivity contribution >= 4 is 21.6 Å². The molecule has 0 saturated heterocycles. The van der Waals surface area contributed by atoms with Crippen molar-refractivity contribution in [2.24, 2.45) is 0 Å². The van der Waals surface area contributed by atoms with E-state index in [0.717, 1.165) is 16.7 Å². The number of hydrogen-bond acceptors (Lipinski definition) is 6. The normalized spacial score (nSPS) is 11.2. The summed E-state index contributed by atoms with van der Waals surface area (Å²) in [6.07, 6.45) is 1.47. The zero-order valence-corrected chi connectivity index (χ0v) is 15.8. The summed E-state index contributed by atoms with van der Waals surface area (Å²) in [6.45, 7) is 0.111. The third kappa shape index (κ3) is 3.23. The van der Waals surface area contributed by atoms with Gasteiger partial charge in [-0.3, -0.25) is 9.36 Å². The monoisotopic (exact) mass is 404 g/mol. The zero-order chi connectivity index (χ0) is 19.8. The second-order valence-corrected chi connectivity index (χ2v) is 7.25. The van der Waals surface area contributed by atoms with Crippen molar-refractivity contribution < 1.29 is 8.91 Å². The molecule has 0 saturated carbocycles. The minimum absolute atomic E-state index is 0.111. The van der Waals surface area contributed by atoms with Crippen LogP contribution in [0.15, 0.2) is 75.6 Å². The number of hydrogen-bond donors (Lipinski definition) is 0. The molecule has 0 N–H and O–H groups in total. The Morgan fingerprint density at radius 2 is 1.83 bits per heavy atom. The number of benzene rings is 2. The maximum atomic E-state index is 13.3. The summed E-state index contributed by atoms with van der Waals surface area (Å²) in [4.78, 5) is 22.5. The van der Waals surface area contributed by atoms with Crippen LogP contribution in [-0.4, -0.2) is 19.7 Å². The lowest BCUT2D eigenvalue weighted by molar-refractivity contribution is 0.369. The molecule has 0 aliphatic carbocycles. The Morgan fingerprint density at radius 3 is 2.62 bits per heavy atom. The van der Waals surface area contributed by atoms with Crippen LogP contribution >= 0.6 is 11.3 Å². The number of fused-ring (bicyclic) bond motifs is 1. The summed E-state index contributed by atoms with van der Waals surface area (Å²) in [6, 6.07) is 15.5. The molecule has 29 heavy (non-hydrogen) atoms. The van der Waals surface area contributed by atoms with Crippen LogP contribution in [-0.2, 0) is 6.54 Å². The smallest absolute Gasteiger partial charge is 0.263 e. The molecule has 5 aromatic rings. The van der Waals surface area contributed by atoms with E-state index < -0.39 is 0 Å². The van der Waals surface area contributed by atoms with Crippen LogP contribution in [0.3, 0.4) is 0 Å². The molecule has 0 unspecified atom stereocenters. The van der Waals surface area contributed by atoms with Gasteiger partial charge in [-0.2, -0.15) is 4.98 Å². The molecule has 142 valence electrons. The number of halogens is 1. The molecule has 2 aromatic carbocycles. The van der Waals surface area contributed by atoms with Gasteiger partial charge < -0.3 is 4.52 Å². The Bertz CT molecular complexity index is 1360. The fraction of sp³-hybridized carbons (Fsp3) is 0.0476. The average molecular weight is 404 g/mol. The van der Waals surface area contributed by atoms with Gasteiger partial charge in [0.05, 0.1) is 11.7 Å². The highest BCUT2D eigenvalue weighted by atomic mass is 32.1. The van der Waals surface area contributed by atoms with Gasteiger partial charge in [0.25, 0.3) is 5.56 Å². The molecule has 0 fully saturated rings. The minimum Gasteiger partial charge on any atom is -0.337 e. The average Bonchev–Trinajstić information content (AvgIpc) is 3.39. The van der Waals surface area contributed by atoms with E-state index in [0.29, 0.717) is 21.9 Å². The van der Waals surface area contributed by atoms with Crippen LogP contribution < -0.4 is 5.56 Å². The Labute approximate surface area is 167 Å². The predicted molar refractivity (Wildman–Crippen MR) is 108 cm³/mol. The lowest BCUT2D eigenvalue weighted by Crippen LogP contribution is -2.21. The molecule has 0 radical (unpaired) electrons. The molecule has 0 spiro atoms. The van der Waals surface area contributed by atoms with Crippen molar-refractivity contribution in [2.45, 2.75) is 6.54 Å². The molecule has 0 aliphatic rings. The van der Waals surface area contributed by atoms with E-state index in [1.165, 1.54) is 34.4 Å². The number of aromatic nitrogens is 4.